The molecule has 3 rings (SSSR count). The van der Waals surface area contributed by atoms with Crippen molar-refractivity contribution in [2.75, 3.05) is 25.0 Å². The smallest absolute Gasteiger partial charge is 0.203 e. The minimum Gasteiger partial charge on any atom is -0.365 e. The predicted octanol–water partition coefficient (Wildman–Crippen LogP) is 1.02. The Morgan fingerprint density at radius 3 is 3.33 bits per heavy atom. The van der Waals surface area contributed by atoms with E-state index in [-0.39, 0.29) is 0 Å². The third-order valence-corrected chi connectivity index (χ3v) is 3.63. The zero-order chi connectivity index (χ0) is 12.4. The van der Waals surface area contributed by atoms with Gasteiger partial charge in [-0.1, -0.05) is 6.92 Å². The van der Waals surface area contributed by atoms with Crippen LogP contribution in [0.3, 0.4) is 0 Å². The van der Waals surface area contributed by atoms with E-state index in [4.69, 9.17) is 0 Å². The normalized spacial score (nSPS) is 20.6. The molecular formula is C12H18N6. The Labute approximate surface area is 106 Å². The van der Waals surface area contributed by atoms with E-state index >= 15 is 0 Å². The van der Waals surface area contributed by atoms with Crippen LogP contribution in [0.15, 0.2) is 18.7 Å². The lowest BCUT2D eigenvalue weighted by atomic mass is 10.2. The summed E-state index contributed by atoms with van der Waals surface area (Å²) in [6, 6.07) is 0.611. The number of rotatable bonds is 4. The fraction of sp³-hybridized carbons (Fsp3) is 0.583. The lowest BCUT2D eigenvalue weighted by Crippen LogP contribution is -2.34. The first-order chi connectivity index (χ1) is 8.88. The van der Waals surface area contributed by atoms with E-state index in [0.717, 1.165) is 24.6 Å². The van der Waals surface area contributed by atoms with E-state index in [1.165, 1.54) is 19.4 Å². The molecule has 2 aromatic heterocycles. The second-order valence-corrected chi connectivity index (χ2v) is 4.64. The maximum Gasteiger partial charge on any atom is 0.203 e. The summed E-state index contributed by atoms with van der Waals surface area (Å²) in [5, 5.41) is 11.4. The van der Waals surface area contributed by atoms with Crippen LogP contribution in [-0.2, 0) is 0 Å². The molecule has 0 bridgehead atoms. The molecule has 96 valence electrons. The van der Waals surface area contributed by atoms with Gasteiger partial charge in [0, 0.05) is 25.0 Å². The second-order valence-electron chi connectivity index (χ2n) is 4.64. The molecule has 1 N–H and O–H groups in total. The Balaban J connectivity index is 1.71. The Morgan fingerprint density at radius 1 is 1.50 bits per heavy atom. The van der Waals surface area contributed by atoms with Gasteiger partial charge in [0.1, 0.15) is 6.33 Å². The molecule has 1 atom stereocenters. The van der Waals surface area contributed by atoms with Crippen molar-refractivity contribution in [2.24, 2.45) is 0 Å². The highest BCUT2D eigenvalue weighted by atomic mass is 15.3. The molecule has 18 heavy (non-hydrogen) atoms. The third kappa shape index (κ3) is 2.03. The van der Waals surface area contributed by atoms with E-state index in [2.05, 4.69) is 32.3 Å². The number of likely N-dealkylation sites (tertiary alicyclic amines) is 1. The first-order valence-electron chi connectivity index (χ1n) is 6.50. The molecule has 0 radical (unpaired) electrons. The Hall–Kier alpha value is -1.69. The summed E-state index contributed by atoms with van der Waals surface area (Å²) in [4.78, 5) is 6.85. The monoisotopic (exact) mass is 246 g/mol. The summed E-state index contributed by atoms with van der Waals surface area (Å²) in [6.07, 6.45) is 7.87. The Morgan fingerprint density at radius 2 is 2.44 bits per heavy atom. The van der Waals surface area contributed by atoms with E-state index in [9.17, 15) is 0 Å². The number of nitrogens with zero attached hydrogens (tertiary/aromatic N) is 5. The molecule has 3 heterocycles. The zero-order valence-corrected chi connectivity index (χ0v) is 10.6. The van der Waals surface area contributed by atoms with E-state index in [1.807, 2.05) is 10.6 Å². The van der Waals surface area contributed by atoms with Crippen LogP contribution >= 0.6 is 0 Å². The van der Waals surface area contributed by atoms with Crippen LogP contribution in [-0.4, -0.2) is 50.2 Å². The number of hydrogen-bond acceptors (Lipinski definition) is 5. The number of fused-ring (bicyclic) bond motifs is 1. The standard InChI is InChI=1S/C12H18N6/c1-2-17-6-3-4-10(17)8-14-11-12-16-15-9-18(12)7-5-13-11/h5,7,9-10H,2-4,6,8H2,1H3,(H,13,14). The highest BCUT2D eigenvalue weighted by Gasteiger charge is 2.22. The van der Waals surface area contributed by atoms with Gasteiger partial charge in [-0.25, -0.2) is 4.98 Å². The van der Waals surface area contributed by atoms with E-state index in [1.54, 1.807) is 12.5 Å². The van der Waals surface area contributed by atoms with Crippen molar-refractivity contribution in [3.63, 3.8) is 0 Å². The van der Waals surface area contributed by atoms with Gasteiger partial charge < -0.3 is 5.32 Å². The molecule has 6 nitrogen and oxygen atoms in total. The number of aromatic nitrogens is 4. The SMILES string of the molecule is CCN1CCCC1CNc1nccn2cnnc12. The van der Waals surface area contributed by atoms with Gasteiger partial charge in [0.15, 0.2) is 5.82 Å². The van der Waals surface area contributed by atoms with Gasteiger partial charge in [0.05, 0.1) is 0 Å². The minimum absolute atomic E-state index is 0.611. The van der Waals surface area contributed by atoms with Crippen LogP contribution in [0.4, 0.5) is 5.82 Å². The fourth-order valence-electron chi connectivity index (χ4n) is 2.64. The van der Waals surface area contributed by atoms with Gasteiger partial charge >= 0.3 is 0 Å². The molecule has 0 aromatic carbocycles. The van der Waals surface area contributed by atoms with Gasteiger partial charge in [0.25, 0.3) is 0 Å². The van der Waals surface area contributed by atoms with Gasteiger partial charge in [-0.2, -0.15) is 0 Å². The largest absolute Gasteiger partial charge is 0.365 e. The first-order valence-corrected chi connectivity index (χ1v) is 6.50. The highest BCUT2D eigenvalue weighted by Crippen LogP contribution is 2.18. The number of likely N-dealkylation sites (N-methyl/N-ethyl adjacent to an activating group) is 1. The summed E-state index contributed by atoms with van der Waals surface area (Å²) < 4.78 is 1.88. The molecule has 0 saturated carbocycles. The van der Waals surface area contributed by atoms with Crippen molar-refractivity contribution >= 4 is 11.5 Å². The van der Waals surface area contributed by atoms with Crippen LogP contribution in [0, 0.1) is 0 Å². The van der Waals surface area contributed by atoms with Gasteiger partial charge in [-0.05, 0) is 25.9 Å². The average molecular weight is 246 g/mol. The molecule has 0 amide bonds. The fourth-order valence-corrected chi connectivity index (χ4v) is 2.64. The molecule has 1 fully saturated rings. The number of hydrogen-bond donors (Lipinski definition) is 1. The molecule has 1 unspecified atom stereocenters. The van der Waals surface area contributed by atoms with Crippen molar-refractivity contribution < 1.29 is 0 Å². The highest BCUT2D eigenvalue weighted by molar-refractivity contribution is 5.61. The quantitative estimate of drug-likeness (QED) is 0.873. The molecular weight excluding hydrogens is 228 g/mol. The Bertz CT molecular complexity index is 522. The predicted molar refractivity (Wildman–Crippen MR) is 69.5 cm³/mol. The van der Waals surface area contributed by atoms with Crippen LogP contribution in [0.1, 0.15) is 19.8 Å². The van der Waals surface area contributed by atoms with Crippen LogP contribution in [0.5, 0.6) is 0 Å². The molecule has 1 saturated heterocycles. The summed E-state index contributed by atoms with van der Waals surface area (Å²) in [6.45, 7) is 5.48. The molecule has 1 aliphatic rings. The van der Waals surface area contributed by atoms with Crippen molar-refractivity contribution in [1.29, 1.82) is 0 Å². The van der Waals surface area contributed by atoms with E-state index in [0.29, 0.717) is 6.04 Å². The summed E-state index contributed by atoms with van der Waals surface area (Å²) >= 11 is 0. The lowest BCUT2D eigenvalue weighted by Gasteiger charge is -2.23. The molecule has 6 heteroatoms. The van der Waals surface area contributed by atoms with Gasteiger partial charge in [0.2, 0.25) is 5.65 Å². The van der Waals surface area contributed by atoms with Gasteiger partial charge in [-0.15, -0.1) is 10.2 Å². The van der Waals surface area contributed by atoms with E-state index < -0.39 is 0 Å². The minimum atomic E-state index is 0.611. The maximum absolute atomic E-state index is 4.34. The molecule has 0 spiro atoms. The Kier molecular flexibility index (Phi) is 3.10. The summed E-state index contributed by atoms with van der Waals surface area (Å²) in [5.41, 5.74) is 0.790. The van der Waals surface area contributed by atoms with Crippen LogP contribution in [0.25, 0.3) is 5.65 Å². The molecule has 1 aliphatic heterocycles. The third-order valence-electron chi connectivity index (χ3n) is 3.63. The van der Waals surface area contributed by atoms with Crippen LogP contribution in [0.2, 0.25) is 0 Å². The second kappa shape index (κ2) is 4.89. The molecule has 0 aliphatic carbocycles. The van der Waals surface area contributed by atoms with Crippen molar-refractivity contribution in [3.05, 3.63) is 18.7 Å². The number of nitrogens with one attached hydrogen (secondary N) is 1. The molecule has 2 aromatic rings. The van der Waals surface area contributed by atoms with Crippen molar-refractivity contribution in [3.8, 4) is 0 Å². The zero-order valence-electron chi connectivity index (χ0n) is 10.6. The van der Waals surface area contributed by atoms with Crippen LogP contribution < -0.4 is 5.32 Å². The van der Waals surface area contributed by atoms with Gasteiger partial charge in [-0.3, -0.25) is 9.30 Å². The summed E-state index contributed by atoms with van der Waals surface area (Å²) in [7, 11) is 0. The topological polar surface area (TPSA) is 58.4 Å². The maximum atomic E-state index is 4.34. The summed E-state index contributed by atoms with van der Waals surface area (Å²) in [5.74, 6) is 0.818. The van der Waals surface area contributed by atoms with Crippen molar-refractivity contribution in [2.45, 2.75) is 25.8 Å². The average Bonchev–Trinajstić information content (AvgIpc) is 3.04. The first kappa shape index (κ1) is 11.4. The van der Waals surface area contributed by atoms with Crippen molar-refractivity contribution in [1.82, 2.24) is 24.5 Å². The lowest BCUT2D eigenvalue weighted by molar-refractivity contribution is 0.277. The number of anilines is 1.